The first-order valence-electron chi connectivity index (χ1n) is 9.96. The van der Waals surface area contributed by atoms with Crippen LogP contribution in [0.25, 0.3) is 0 Å². The molecule has 172 valence electrons. The number of hydrogen-bond acceptors (Lipinski definition) is 6. The molecule has 0 heterocycles. The van der Waals surface area contributed by atoms with Crippen molar-refractivity contribution in [3.63, 3.8) is 0 Å². The highest BCUT2D eigenvalue weighted by molar-refractivity contribution is 6.04. The number of hydrogen-bond donors (Lipinski definition) is 3. The number of alkyl carbamates (subject to hydrolysis) is 1. The first-order chi connectivity index (χ1) is 15.1. The zero-order valence-corrected chi connectivity index (χ0v) is 18.9. The summed E-state index contributed by atoms with van der Waals surface area (Å²) in [5, 5.41) is 7.92. The van der Waals surface area contributed by atoms with Gasteiger partial charge in [0.05, 0.1) is 14.2 Å². The van der Waals surface area contributed by atoms with Crippen molar-refractivity contribution in [3.05, 3.63) is 53.6 Å². The molecule has 0 aromatic heterocycles. The quantitative estimate of drug-likeness (QED) is 0.578. The molecule has 3 amide bonds. The smallest absolute Gasteiger partial charge is 0.408 e. The van der Waals surface area contributed by atoms with Crippen LogP contribution in [0.2, 0.25) is 0 Å². The van der Waals surface area contributed by atoms with Crippen LogP contribution in [0, 0.1) is 0 Å². The molecule has 0 saturated heterocycles. The number of amides is 3. The lowest BCUT2D eigenvalue weighted by molar-refractivity contribution is -0.120. The molecule has 0 atom stereocenters. The summed E-state index contributed by atoms with van der Waals surface area (Å²) in [7, 11) is 3.02. The van der Waals surface area contributed by atoms with Crippen LogP contribution < -0.4 is 25.4 Å². The summed E-state index contributed by atoms with van der Waals surface area (Å²) in [6.07, 6.45) is -0.661. The number of nitrogens with one attached hydrogen (secondary N) is 3. The molecule has 0 unspecified atom stereocenters. The Morgan fingerprint density at radius 2 is 1.56 bits per heavy atom. The van der Waals surface area contributed by atoms with Gasteiger partial charge in [-0.3, -0.25) is 9.59 Å². The number of carbonyl (C=O) groups excluding carboxylic acids is 3. The fourth-order valence-electron chi connectivity index (χ4n) is 2.63. The van der Waals surface area contributed by atoms with Crippen LogP contribution in [0.4, 0.5) is 10.5 Å². The van der Waals surface area contributed by atoms with E-state index in [2.05, 4.69) is 16.0 Å². The molecule has 0 bridgehead atoms. The van der Waals surface area contributed by atoms with Crippen LogP contribution in [-0.4, -0.2) is 44.3 Å². The number of carbonyl (C=O) groups is 3. The van der Waals surface area contributed by atoms with Crippen LogP contribution >= 0.6 is 0 Å². The molecule has 2 rings (SSSR count). The molecule has 0 spiro atoms. The molecule has 32 heavy (non-hydrogen) atoms. The molecule has 2 aromatic carbocycles. The molecule has 0 aliphatic heterocycles. The maximum absolute atomic E-state index is 12.6. The highest BCUT2D eigenvalue weighted by Crippen LogP contribution is 2.23. The number of rotatable bonds is 8. The maximum atomic E-state index is 12.6. The lowest BCUT2D eigenvalue weighted by Crippen LogP contribution is -2.39. The van der Waals surface area contributed by atoms with E-state index in [9.17, 15) is 14.4 Å². The second-order valence-electron chi connectivity index (χ2n) is 7.89. The van der Waals surface area contributed by atoms with Crippen molar-refractivity contribution in [2.75, 3.05) is 26.1 Å². The topological polar surface area (TPSA) is 115 Å². The average Bonchev–Trinajstić information content (AvgIpc) is 2.74. The van der Waals surface area contributed by atoms with Crippen molar-refractivity contribution >= 4 is 23.6 Å². The normalized spacial score (nSPS) is 10.7. The van der Waals surface area contributed by atoms with Gasteiger partial charge in [-0.2, -0.15) is 0 Å². The van der Waals surface area contributed by atoms with E-state index in [1.54, 1.807) is 57.2 Å². The molecule has 0 fully saturated rings. The Bertz CT molecular complexity index is 946. The number of ether oxygens (including phenoxy) is 3. The predicted octanol–water partition coefficient (Wildman–Crippen LogP) is 3.10. The second kappa shape index (κ2) is 11.0. The van der Waals surface area contributed by atoms with Gasteiger partial charge in [0.1, 0.15) is 23.6 Å². The Kier molecular flexibility index (Phi) is 8.46. The monoisotopic (exact) mass is 443 g/mol. The largest absolute Gasteiger partial charge is 0.497 e. The van der Waals surface area contributed by atoms with Gasteiger partial charge in [0.2, 0.25) is 5.91 Å². The standard InChI is InChI=1S/C23H29N3O6/c1-23(2,3)32-22(29)25-14-20(27)24-13-15-7-6-8-17(9-15)26-21(28)16-10-18(30-4)12-19(11-16)31-5/h6-12H,13-14H2,1-5H3,(H,24,27)(H,25,29)(H,26,28). The van der Waals surface area contributed by atoms with Gasteiger partial charge in [0.25, 0.3) is 5.91 Å². The maximum Gasteiger partial charge on any atom is 0.408 e. The number of methoxy groups -OCH3 is 2. The van der Waals surface area contributed by atoms with Crippen molar-refractivity contribution in [1.82, 2.24) is 10.6 Å². The first-order valence-corrected chi connectivity index (χ1v) is 9.96. The Hall–Kier alpha value is -3.75. The van der Waals surface area contributed by atoms with Gasteiger partial charge in [-0.15, -0.1) is 0 Å². The molecular weight excluding hydrogens is 414 g/mol. The lowest BCUT2D eigenvalue weighted by atomic mass is 10.1. The van der Waals surface area contributed by atoms with E-state index < -0.39 is 11.7 Å². The Morgan fingerprint density at radius 1 is 0.906 bits per heavy atom. The van der Waals surface area contributed by atoms with E-state index >= 15 is 0 Å². The van der Waals surface area contributed by atoms with Gasteiger partial charge in [-0.05, 0) is 50.6 Å². The van der Waals surface area contributed by atoms with E-state index in [0.29, 0.717) is 22.7 Å². The Balaban J connectivity index is 1.91. The average molecular weight is 444 g/mol. The fraction of sp³-hybridized carbons (Fsp3) is 0.348. The third kappa shape index (κ3) is 8.17. The number of anilines is 1. The van der Waals surface area contributed by atoms with Crippen LogP contribution in [0.1, 0.15) is 36.7 Å². The number of benzene rings is 2. The molecule has 0 aliphatic carbocycles. The van der Waals surface area contributed by atoms with Gasteiger partial charge >= 0.3 is 6.09 Å². The Labute approximate surface area is 187 Å². The van der Waals surface area contributed by atoms with E-state index in [-0.39, 0.29) is 24.9 Å². The molecule has 9 nitrogen and oxygen atoms in total. The zero-order chi connectivity index (χ0) is 23.7. The van der Waals surface area contributed by atoms with Gasteiger partial charge in [0, 0.05) is 23.9 Å². The van der Waals surface area contributed by atoms with Crippen LogP contribution in [0.15, 0.2) is 42.5 Å². The summed E-state index contributed by atoms with van der Waals surface area (Å²) in [5.41, 5.74) is 1.08. The van der Waals surface area contributed by atoms with Crippen molar-refractivity contribution in [2.24, 2.45) is 0 Å². The minimum atomic E-state index is -0.661. The molecule has 0 saturated carbocycles. The van der Waals surface area contributed by atoms with Crippen LogP contribution in [0.5, 0.6) is 11.5 Å². The third-order valence-electron chi connectivity index (χ3n) is 4.08. The molecule has 0 aliphatic rings. The van der Waals surface area contributed by atoms with Gasteiger partial charge in [-0.1, -0.05) is 12.1 Å². The molecule has 9 heteroatoms. The van der Waals surface area contributed by atoms with E-state index in [0.717, 1.165) is 5.56 Å². The fourth-order valence-corrected chi connectivity index (χ4v) is 2.63. The van der Waals surface area contributed by atoms with Crippen LogP contribution in [-0.2, 0) is 16.1 Å². The minimum Gasteiger partial charge on any atom is -0.497 e. The highest BCUT2D eigenvalue weighted by atomic mass is 16.6. The molecule has 2 aromatic rings. The summed E-state index contributed by atoms with van der Waals surface area (Å²) in [4.78, 5) is 36.2. The van der Waals surface area contributed by atoms with Crippen LogP contribution in [0.3, 0.4) is 0 Å². The predicted molar refractivity (Wildman–Crippen MR) is 120 cm³/mol. The van der Waals surface area contributed by atoms with E-state index in [1.807, 2.05) is 6.07 Å². The van der Waals surface area contributed by atoms with Crippen molar-refractivity contribution < 1.29 is 28.6 Å². The molecule has 0 radical (unpaired) electrons. The Morgan fingerprint density at radius 3 is 2.16 bits per heavy atom. The van der Waals surface area contributed by atoms with Crippen molar-refractivity contribution in [1.29, 1.82) is 0 Å². The molecular formula is C23H29N3O6. The van der Waals surface area contributed by atoms with Gasteiger partial charge < -0.3 is 30.2 Å². The first kappa shape index (κ1) is 24.5. The van der Waals surface area contributed by atoms with E-state index in [4.69, 9.17) is 14.2 Å². The van der Waals surface area contributed by atoms with Crippen molar-refractivity contribution in [3.8, 4) is 11.5 Å². The van der Waals surface area contributed by atoms with Gasteiger partial charge in [-0.25, -0.2) is 4.79 Å². The SMILES string of the molecule is COc1cc(OC)cc(C(=O)Nc2cccc(CNC(=O)CNC(=O)OC(C)(C)C)c2)c1. The van der Waals surface area contributed by atoms with Gasteiger partial charge in [0.15, 0.2) is 0 Å². The van der Waals surface area contributed by atoms with E-state index in [1.165, 1.54) is 14.2 Å². The summed E-state index contributed by atoms with van der Waals surface area (Å²) in [6, 6.07) is 12.0. The summed E-state index contributed by atoms with van der Waals surface area (Å²) < 4.78 is 15.5. The highest BCUT2D eigenvalue weighted by Gasteiger charge is 2.16. The summed E-state index contributed by atoms with van der Waals surface area (Å²) in [6.45, 7) is 5.24. The third-order valence-corrected chi connectivity index (χ3v) is 4.08. The summed E-state index contributed by atoms with van der Waals surface area (Å²) >= 11 is 0. The second-order valence-corrected chi connectivity index (χ2v) is 7.89. The summed E-state index contributed by atoms with van der Waals surface area (Å²) in [5.74, 6) is 0.315. The zero-order valence-electron chi connectivity index (χ0n) is 18.9. The van der Waals surface area contributed by atoms with Crippen molar-refractivity contribution in [2.45, 2.75) is 32.9 Å². The minimum absolute atomic E-state index is 0.205. The lowest BCUT2D eigenvalue weighted by Gasteiger charge is -2.19. The molecule has 3 N–H and O–H groups in total.